The van der Waals surface area contributed by atoms with Gasteiger partial charge in [0, 0.05) is 84.8 Å². The summed E-state index contributed by atoms with van der Waals surface area (Å²) < 4.78 is 108. The van der Waals surface area contributed by atoms with Gasteiger partial charge in [-0.2, -0.15) is 0 Å². The SMILES string of the molecule is CC[C@@]1(O)C(=O)OCc2c1cc1n(c2=O)Cc2c-1nc1cc(F)c(C)c3c1c2[C@@H](NC(=O)OCc1ccc(O[C@@H]2O[C@H](C(=O)O)[C@@H](O)[C@H](O)[C@H]2O)c(CNC(=O)[C@H](CNC(=O)CCOCCOCCOCCOCCOCCOCCOCCOCCOCCOCCOCCOC)NC(=O)CCCCC(=O)N2Cc4ccccc4-c4nnn(C(C)C)c4-c4ccccc42)c1)CC3. The normalized spacial score (nSPS) is 18.4. The predicted molar refractivity (Wildman–Crippen MR) is 468 cm³/mol. The van der Waals surface area contributed by atoms with E-state index >= 15 is 4.39 Å². The number of ether oxygens (including phenoxy) is 16. The van der Waals surface area contributed by atoms with Crippen molar-refractivity contribution in [1.82, 2.24) is 45.8 Å². The van der Waals surface area contributed by atoms with E-state index in [-0.39, 0.29) is 155 Å². The topological polar surface area (TPSA) is 485 Å². The quantitative estimate of drug-likeness (QED) is 0.0183. The van der Waals surface area contributed by atoms with Crippen molar-refractivity contribution in [3.8, 4) is 39.7 Å². The minimum atomic E-state index is -2.13. The molecular weight excluding hydrogens is 1730 g/mol. The van der Waals surface area contributed by atoms with Crippen LogP contribution in [-0.4, -0.2) is 294 Å². The van der Waals surface area contributed by atoms with Gasteiger partial charge in [0.15, 0.2) is 11.7 Å². The number of para-hydroxylation sites is 1. The number of anilines is 1. The number of hydrogen-bond acceptors (Lipinski definition) is 31. The number of carboxylic acid groups (broad SMARTS) is 1. The molecule has 39 nitrogen and oxygen atoms in total. The van der Waals surface area contributed by atoms with Crippen molar-refractivity contribution in [3.05, 3.63) is 145 Å². The third kappa shape index (κ3) is 26.1. The van der Waals surface area contributed by atoms with Crippen molar-refractivity contribution in [3.63, 3.8) is 0 Å². The first-order valence-corrected chi connectivity index (χ1v) is 44.6. The van der Waals surface area contributed by atoms with Crippen LogP contribution in [0.2, 0.25) is 0 Å². The van der Waals surface area contributed by atoms with Crippen LogP contribution in [-0.2, 0) is 145 Å². The number of carbonyl (C=O) groups is 7. The molecule has 7 aromatic rings. The van der Waals surface area contributed by atoms with E-state index in [1.165, 1.54) is 34.9 Å². The van der Waals surface area contributed by atoms with Gasteiger partial charge in [0.1, 0.15) is 54.8 Å². The number of carbonyl (C=O) groups excluding carboxylic acids is 6. The van der Waals surface area contributed by atoms with Gasteiger partial charge in [0.2, 0.25) is 29.9 Å². The first kappa shape index (κ1) is 101. The zero-order valence-corrected chi connectivity index (χ0v) is 74.9. The molecule has 0 unspecified atom stereocenters. The van der Waals surface area contributed by atoms with E-state index in [1.54, 1.807) is 25.9 Å². The molecule has 12 rings (SSSR count). The molecule has 9 N–H and O–H groups in total. The fourth-order valence-corrected chi connectivity index (χ4v) is 16.0. The summed E-state index contributed by atoms with van der Waals surface area (Å²) in [5.74, 6) is -5.54. The Labute approximate surface area is 761 Å². The van der Waals surface area contributed by atoms with E-state index in [0.717, 1.165) is 22.4 Å². The van der Waals surface area contributed by atoms with Gasteiger partial charge in [-0.15, -0.1) is 5.10 Å². The highest BCUT2D eigenvalue weighted by Gasteiger charge is 2.49. The summed E-state index contributed by atoms with van der Waals surface area (Å²) in [6.07, 6.45) is -10.6. The Balaban J connectivity index is 0.634. The Morgan fingerprint density at radius 3 is 1.85 bits per heavy atom. The maximum Gasteiger partial charge on any atom is 0.407 e. The molecule has 1 aliphatic carbocycles. The summed E-state index contributed by atoms with van der Waals surface area (Å²) in [4.78, 5) is 118. The third-order valence-electron chi connectivity index (χ3n) is 23.0. The van der Waals surface area contributed by atoms with Gasteiger partial charge in [-0.05, 0) is 105 Å². The van der Waals surface area contributed by atoms with Crippen molar-refractivity contribution in [2.75, 3.05) is 171 Å². The van der Waals surface area contributed by atoms with Crippen LogP contribution in [0.3, 0.4) is 0 Å². The molecule has 8 atom stereocenters. The van der Waals surface area contributed by atoms with Gasteiger partial charge >= 0.3 is 18.0 Å². The van der Waals surface area contributed by atoms with Crippen LogP contribution in [0.1, 0.15) is 128 Å². The van der Waals surface area contributed by atoms with Gasteiger partial charge < -0.3 is 132 Å². The summed E-state index contributed by atoms with van der Waals surface area (Å²) in [5.41, 5.74) is 5.26. The molecule has 718 valence electrons. The molecule has 132 heavy (non-hydrogen) atoms. The molecule has 5 amide bonds. The average molecular weight is 1850 g/mol. The number of esters is 1. The Bertz CT molecular complexity index is 5130. The predicted octanol–water partition coefficient (Wildman–Crippen LogP) is 4.76. The van der Waals surface area contributed by atoms with Gasteiger partial charge in [0.25, 0.3) is 5.56 Å². The zero-order chi connectivity index (χ0) is 93.6. The molecule has 40 heteroatoms. The zero-order valence-electron chi connectivity index (χ0n) is 74.9. The van der Waals surface area contributed by atoms with Gasteiger partial charge in [0.05, 0.1) is 205 Å². The average Bonchev–Trinajstić information content (AvgIpc) is 1.53. The molecule has 5 aliphatic rings. The number of nitrogens with one attached hydrogen (secondary N) is 4. The summed E-state index contributed by atoms with van der Waals surface area (Å²) in [6.45, 7) is 14.3. The maximum atomic E-state index is 15.8. The van der Waals surface area contributed by atoms with Gasteiger partial charge in [-0.25, -0.2) is 28.4 Å². The molecule has 3 aromatic heterocycles. The van der Waals surface area contributed by atoms with Crippen molar-refractivity contribution in [1.29, 1.82) is 0 Å². The van der Waals surface area contributed by atoms with Crippen LogP contribution in [0, 0.1) is 12.7 Å². The summed E-state index contributed by atoms with van der Waals surface area (Å²) in [6, 6.07) is 19.9. The molecule has 0 spiro atoms. The van der Waals surface area contributed by atoms with Gasteiger partial charge in [-0.1, -0.05) is 60.7 Å². The van der Waals surface area contributed by atoms with Gasteiger partial charge in [-0.3, -0.25) is 24.0 Å². The van der Waals surface area contributed by atoms with Crippen LogP contribution in [0.15, 0.2) is 83.7 Å². The summed E-state index contributed by atoms with van der Waals surface area (Å²) in [7, 11) is 1.62. The van der Waals surface area contributed by atoms with Crippen LogP contribution >= 0.6 is 0 Å². The number of halogens is 1. The Morgan fingerprint density at radius 1 is 0.652 bits per heavy atom. The number of fused-ring (bicyclic) bond motifs is 10. The fraction of sp³-hybridized carbons (Fsp3) is 0.554. The highest BCUT2D eigenvalue weighted by atomic mass is 19.1. The van der Waals surface area contributed by atoms with E-state index in [9.17, 15) is 63.9 Å². The molecular formula is C92H119FN10O29. The van der Waals surface area contributed by atoms with E-state index in [4.69, 9.17) is 80.8 Å². The number of alkyl carbamates (subject to hydrolysis) is 1. The number of aryl methyl sites for hydroxylation is 1. The highest BCUT2D eigenvalue weighted by Crippen LogP contribution is 2.47. The Kier molecular flexibility index (Phi) is 38.1. The number of pyridine rings is 2. The number of rotatable bonds is 55. The summed E-state index contributed by atoms with van der Waals surface area (Å²) >= 11 is 0. The van der Waals surface area contributed by atoms with Crippen LogP contribution in [0.4, 0.5) is 14.9 Å². The number of methoxy groups -OCH3 is 1. The number of hydrogen-bond donors (Lipinski definition) is 9. The minimum absolute atomic E-state index is 0.0287. The lowest BCUT2D eigenvalue weighted by Crippen LogP contribution is -2.61. The largest absolute Gasteiger partial charge is 0.479 e. The molecule has 4 aromatic carbocycles. The van der Waals surface area contributed by atoms with Crippen LogP contribution < -0.4 is 36.5 Å². The second-order valence-corrected chi connectivity index (χ2v) is 32.2. The molecule has 1 saturated heterocycles. The Morgan fingerprint density at radius 2 is 1.24 bits per heavy atom. The monoisotopic (exact) mass is 1850 g/mol. The maximum absolute atomic E-state index is 15.8. The lowest BCUT2D eigenvalue weighted by molar-refractivity contribution is -0.271. The van der Waals surface area contributed by atoms with Crippen LogP contribution in [0.25, 0.3) is 44.8 Å². The molecule has 0 bridgehead atoms. The first-order chi connectivity index (χ1) is 64.0. The number of aromatic nitrogens is 5. The van der Waals surface area contributed by atoms with E-state index in [2.05, 4.69) is 31.6 Å². The number of aliphatic hydroxyl groups excluding tert-OH is 3. The van der Waals surface area contributed by atoms with Crippen molar-refractivity contribution < 1.29 is 139 Å². The number of cyclic esters (lactones) is 1. The molecule has 0 radical (unpaired) electrons. The number of amides is 5. The smallest absolute Gasteiger partial charge is 0.407 e. The second kappa shape index (κ2) is 50.0. The van der Waals surface area contributed by atoms with E-state index < -0.39 is 115 Å². The second-order valence-electron chi connectivity index (χ2n) is 32.2. The van der Waals surface area contributed by atoms with Crippen molar-refractivity contribution >= 4 is 58.3 Å². The van der Waals surface area contributed by atoms with E-state index in [0.29, 0.717) is 164 Å². The number of carboxylic acids is 1. The number of nitrogens with zero attached hydrogens (tertiary/aromatic N) is 6. The molecule has 7 heterocycles. The summed E-state index contributed by atoms with van der Waals surface area (Å²) in [5, 5.41) is 74.9. The molecule has 0 saturated carbocycles. The molecule has 1 fully saturated rings. The Hall–Kier alpha value is -10.5. The first-order valence-electron chi connectivity index (χ1n) is 44.6. The number of benzene rings is 4. The standard InChI is InChI=1S/C92H119FN10O29/c1-6-92(116)66-48-72-79-64(53-102(72)87(111)65(66)55-129-90(92)114)78-68(21-20-61-57(4)67(93)49-69(97-79)77(61)78)98-91(115)130-54-58-19-22-73(131-89-84(109)82(107)83(108)85(132-89)88(112)113)60(47-58)50-95-86(110)70(96-75(105)17-11-12-18-76(106)101-52-59-13-7-8-14-62(59)80-81(103(56(2)3)100-99-80)63-15-9-10-16-71(63)101)51-94-74(104)23-24-118-27-28-120-31-32-122-35-36-124-39-40-126-43-44-128-46-45-127-42-41-125-38-37-123-34-33-121-30-29-119-26-25-117-5/h7-10,13-16,19,22,47-49,56,68,70,82-85,89,107-109,116H,6,11-12,17-18,20-21,23-46,50-55H2,1-5H3,(H,94,104)(H,95,110)(H,96,105)(H,98,115)(H,112,113)/t68-,70-,82-,83-,84+,85-,89+,92-/m0/s1. The number of aliphatic hydroxyl groups is 4. The van der Waals surface area contributed by atoms with Crippen molar-refractivity contribution in [2.24, 2.45) is 0 Å². The number of aliphatic carboxylic acids is 1. The van der Waals surface area contributed by atoms with Crippen LogP contribution in [0.5, 0.6) is 5.75 Å². The third-order valence-corrected chi connectivity index (χ3v) is 23.0. The molecule has 4 aliphatic heterocycles. The van der Waals surface area contributed by atoms with Crippen molar-refractivity contribution in [2.45, 2.75) is 166 Å². The fourth-order valence-electron chi connectivity index (χ4n) is 16.0. The number of unbranched alkanes of at least 4 members (excludes halogenated alkanes) is 1. The minimum Gasteiger partial charge on any atom is -0.479 e. The lowest BCUT2D eigenvalue weighted by atomic mass is 9.81. The van der Waals surface area contributed by atoms with E-state index in [1.807, 2.05) is 67.1 Å². The lowest BCUT2D eigenvalue weighted by Gasteiger charge is -2.38. The highest BCUT2D eigenvalue weighted by molar-refractivity contribution is 6.00.